The van der Waals surface area contributed by atoms with Crippen molar-refractivity contribution in [2.45, 2.75) is 51.2 Å². The molecule has 0 saturated heterocycles. The number of aliphatic hydroxyl groups excluding tert-OH is 1. The van der Waals surface area contributed by atoms with Gasteiger partial charge in [-0.25, -0.2) is 0 Å². The van der Waals surface area contributed by atoms with Crippen LogP contribution in [0.1, 0.15) is 61.8 Å². The lowest BCUT2D eigenvalue weighted by Crippen LogP contribution is -3.00. The number of carbonyl (C=O) groups is 1. The van der Waals surface area contributed by atoms with Gasteiger partial charge in [0, 0.05) is 0 Å². The molecular weight excluding hydrogens is 486 g/mol. The summed E-state index contributed by atoms with van der Waals surface area (Å²) >= 11 is 3.40. The third-order valence-corrected chi connectivity index (χ3v) is 7.74. The minimum atomic E-state index is -0.604. The largest absolute Gasteiger partial charge is 1.00 e. The van der Waals surface area contributed by atoms with Crippen molar-refractivity contribution in [1.82, 2.24) is 0 Å². The topological polar surface area (TPSA) is 63.1 Å². The Morgan fingerprint density at radius 3 is 2.24 bits per heavy atom. The minimum absolute atomic E-state index is 0. The molecule has 0 bridgehead atoms. The highest BCUT2D eigenvalue weighted by Crippen LogP contribution is 2.28. The number of hydrogen-bond acceptors (Lipinski definition) is 5. The number of hydrogen-bond donors (Lipinski definition) is 2. The summed E-state index contributed by atoms with van der Waals surface area (Å²) in [6.45, 7) is 2.81. The summed E-state index contributed by atoms with van der Waals surface area (Å²) in [7, 11) is 0. The predicted octanol–water partition coefficient (Wildman–Crippen LogP) is 2.42. The van der Waals surface area contributed by atoms with Gasteiger partial charge in [-0.2, -0.15) is 22.7 Å². The summed E-state index contributed by atoms with van der Waals surface area (Å²) in [4.78, 5) is 12.4. The van der Waals surface area contributed by atoms with E-state index in [1.54, 1.807) is 34.8 Å². The molecule has 1 saturated carbocycles. The van der Waals surface area contributed by atoms with Gasteiger partial charge in [-0.05, 0) is 93.9 Å². The second kappa shape index (κ2) is 13.2. The van der Waals surface area contributed by atoms with Crippen LogP contribution >= 0.6 is 22.7 Å². The van der Waals surface area contributed by atoms with E-state index in [4.69, 9.17) is 4.74 Å². The Morgan fingerprint density at radius 2 is 1.68 bits per heavy atom. The third-order valence-electron chi connectivity index (χ3n) is 6.37. The van der Waals surface area contributed by atoms with Crippen LogP contribution in [0.25, 0.3) is 5.57 Å². The van der Waals surface area contributed by atoms with Gasteiger partial charge in [-0.15, -0.1) is 0 Å². The summed E-state index contributed by atoms with van der Waals surface area (Å²) in [5.74, 6) is 0.459. The zero-order valence-corrected chi connectivity index (χ0v) is 21.7. The Morgan fingerprint density at radius 1 is 1.06 bits per heavy atom. The first-order chi connectivity index (χ1) is 16.1. The molecule has 0 radical (unpaired) electrons. The Hall–Kier alpha value is -1.96. The van der Waals surface area contributed by atoms with Gasteiger partial charge in [0.25, 0.3) is 0 Å². The number of ether oxygens (including phenoxy) is 1. The highest BCUT2D eigenvalue weighted by atomic mass is 35.5. The molecule has 1 fully saturated rings. The quantitative estimate of drug-likeness (QED) is 0.338. The molecule has 1 aliphatic rings. The van der Waals surface area contributed by atoms with Crippen LogP contribution in [-0.2, 0) is 4.79 Å². The molecule has 2 aromatic heterocycles. The minimum Gasteiger partial charge on any atom is -1.00 e. The van der Waals surface area contributed by atoms with Crippen LogP contribution in [0.15, 0.2) is 64.0 Å². The van der Waals surface area contributed by atoms with Crippen LogP contribution in [0.3, 0.4) is 0 Å². The first-order valence-electron chi connectivity index (χ1n) is 11.7. The van der Waals surface area contributed by atoms with E-state index in [2.05, 4.69) is 45.0 Å². The molecule has 0 spiro atoms. The van der Waals surface area contributed by atoms with E-state index in [0.29, 0.717) is 5.75 Å². The molecule has 2 heterocycles. The van der Waals surface area contributed by atoms with Gasteiger partial charge < -0.3 is 27.6 Å². The normalized spacial score (nSPS) is 15.7. The fraction of sp³-hybridized carbons (Fsp3) is 0.370. The summed E-state index contributed by atoms with van der Waals surface area (Å²) in [6.07, 6.45) is 6.92. The molecule has 2 unspecified atom stereocenters. The Balaban J connectivity index is 0.00000324. The van der Waals surface area contributed by atoms with Crippen molar-refractivity contribution >= 4 is 34.2 Å². The smallest absolute Gasteiger partial charge is 0.314 e. The van der Waals surface area contributed by atoms with Crippen LogP contribution in [0, 0.1) is 5.92 Å². The second-order valence-corrected chi connectivity index (χ2v) is 10.3. The van der Waals surface area contributed by atoms with Crippen LogP contribution in [-0.4, -0.2) is 23.7 Å². The van der Waals surface area contributed by atoms with E-state index in [-0.39, 0.29) is 30.3 Å². The number of rotatable bonds is 9. The maximum absolute atomic E-state index is 12.4. The third kappa shape index (κ3) is 7.03. The molecule has 1 aromatic carbocycles. The fourth-order valence-corrected chi connectivity index (χ4v) is 5.65. The summed E-state index contributed by atoms with van der Waals surface area (Å²) < 4.78 is 5.58. The Labute approximate surface area is 216 Å². The van der Waals surface area contributed by atoms with Gasteiger partial charge in [0.05, 0.1) is 12.5 Å². The number of halogens is 1. The van der Waals surface area contributed by atoms with Gasteiger partial charge in [0.15, 0.2) is 0 Å². The number of aliphatic hydroxyl groups is 1. The van der Waals surface area contributed by atoms with Crippen molar-refractivity contribution in [3.8, 4) is 5.75 Å². The first kappa shape index (κ1) is 26.6. The van der Waals surface area contributed by atoms with Gasteiger partial charge in [-0.1, -0.05) is 31.4 Å². The monoisotopic (exact) mass is 517 g/mol. The molecule has 34 heavy (non-hydrogen) atoms. The number of nitrogens with two attached hydrogens (primary N) is 1. The van der Waals surface area contributed by atoms with E-state index in [0.717, 1.165) is 37.8 Å². The summed E-state index contributed by atoms with van der Waals surface area (Å²) in [6, 6.07) is 11.6. The lowest BCUT2D eigenvalue weighted by molar-refractivity contribution is -0.686. The molecule has 0 amide bonds. The number of thiophene rings is 2. The van der Waals surface area contributed by atoms with E-state index in [1.165, 1.54) is 23.1 Å². The number of carbonyl (C=O) groups excluding carboxylic acids is 1. The van der Waals surface area contributed by atoms with Gasteiger partial charge in [0.2, 0.25) is 0 Å². The maximum Gasteiger partial charge on any atom is 0.314 e. The number of esters is 1. The average molecular weight is 518 g/mol. The van der Waals surface area contributed by atoms with E-state index < -0.39 is 6.10 Å². The number of benzene rings is 1. The lowest BCUT2D eigenvalue weighted by Gasteiger charge is -2.20. The van der Waals surface area contributed by atoms with Crippen LogP contribution in [0.2, 0.25) is 0 Å². The molecule has 0 aliphatic heterocycles. The fourth-order valence-electron chi connectivity index (χ4n) is 4.34. The van der Waals surface area contributed by atoms with E-state index in [1.807, 2.05) is 19.1 Å². The average Bonchev–Trinajstić information content (AvgIpc) is 3.57. The number of quaternary nitrogens is 1. The zero-order valence-electron chi connectivity index (χ0n) is 19.4. The molecule has 3 N–H and O–H groups in total. The Kier molecular flexibility index (Phi) is 10.4. The standard InChI is InChI=1S/C27H31NO3S2.ClH/c1-19(28-14-11-25(22-12-15-32-17-22)23-13-16-33-18-23)26(29)20-7-9-24(10-8-20)31-27(30)21-5-3-2-4-6-21;/h7-13,15-19,21,26,28-29H,2-6,14H2,1H3;1H. The maximum atomic E-state index is 12.4. The highest BCUT2D eigenvalue weighted by molar-refractivity contribution is 7.08. The molecular formula is C27H32ClNO3S2. The van der Waals surface area contributed by atoms with E-state index >= 15 is 0 Å². The molecule has 4 rings (SSSR count). The highest BCUT2D eigenvalue weighted by Gasteiger charge is 2.23. The zero-order chi connectivity index (χ0) is 23.0. The SMILES string of the molecule is CC([NH2+]CC=C(c1ccsc1)c1ccsc1)C(O)c1ccc(OC(=O)C2CCCCC2)cc1.[Cl-]. The second-order valence-electron chi connectivity index (χ2n) is 8.74. The van der Waals surface area contributed by atoms with Crippen LogP contribution < -0.4 is 22.5 Å². The molecule has 2 atom stereocenters. The van der Waals surface area contributed by atoms with Crippen molar-refractivity contribution in [2.24, 2.45) is 5.92 Å². The summed E-state index contributed by atoms with van der Waals surface area (Å²) in [5.41, 5.74) is 4.53. The molecule has 1 aliphatic carbocycles. The lowest BCUT2D eigenvalue weighted by atomic mass is 9.89. The molecule has 3 aromatic rings. The van der Waals surface area contributed by atoms with Crippen molar-refractivity contribution < 1.29 is 32.4 Å². The van der Waals surface area contributed by atoms with Crippen LogP contribution in [0.5, 0.6) is 5.75 Å². The molecule has 7 heteroatoms. The van der Waals surface area contributed by atoms with Crippen molar-refractivity contribution in [2.75, 3.05) is 6.54 Å². The van der Waals surface area contributed by atoms with Gasteiger partial charge in [0.1, 0.15) is 17.9 Å². The van der Waals surface area contributed by atoms with Gasteiger partial charge in [-0.3, -0.25) is 4.79 Å². The van der Waals surface area contributed by atoms with Crippen molar-refractivity contribution in [1.29, 1.82) is 0 Å². The van der Waals surface area contributed by atoms with Crippen molar-refractivity contribution in [3.05, 3.63) is 80.7 Å². The van der Waals surface area contributed by atoms with Crippen molar-refractivity contribution in [3.63, 3.8) is 0 Å². The molecule has 182 valence electrons. The summed E-state index contributed by atoms with van der Waals surface area (Å²) in [5, 5.41) is 21.5. The van der Waals surface area contributed by atoms with E-state index in [9.17, 15) is 9.90 Å². The first-order valence-corrected chi connectivity index (χ1v) is 13.6. The molecule has 4 nitrogen and oxygen atoms in total. The Bertz CT molecular complexity index is 990. The predicted molar refractivity (Wildman–Crippen MR) is 136 cm³/mol. The van der Waals surface area contributed by atoms with Crippen LogP contribution in [0.4, 0.5) is 0 Å². The van der Waals surface area contributed by atoms with Gasteiger partial charge >= 0.3 is 5.97 Å².